The minimum Gasteiger partial charge on any atom is -0.326 e. The summed E-state index contributed by atoms with van der Waals surface area (Å²) in [7, 11) is 0. The Morgan fingerprint density at radius 3 is 2.68 bits per heavy atom. The molecule has 2 aromatic rings. The Labute approximate surface area is 130 Å². The fourth-order valence-corrected chi connectivity index (χ4v) is 3.73. The van der Waals surface area contributed by atoms with Crippen molar-refractivity contribution in [1.29, 1.82) is 0 Å². The number of carbonyl (C=O) groups is 1. The van der Waals surface area contributed by atoms with Crippen LogP contribution in [0.15, 0.2) is 53.4 Å². The van der Waals surface area contributed by atoms with Crippen LogP contribution >= 0.6 is 34.4 Å². The molecule has 1 unspecified atom stereocenters. The number of amides is 1. The Balaban J connectivity index is 1.77. The van der Waals surface area contributed by atoms with E-state index >= 15 is 0 Å². The average Bonchev–Trinajstić information content (AvgIpc) is 2.85. The predicted octanol–water partition coefficient (Wildman–Crippen LogP) is 4.12. The molecule has 1 aliphatic heterocycles. The van der Waals surface area contributed by atoms with Crippen LogP contribution in [0.5, 0.6) is 0 Å². The van der Waals surface area contributed by atoms with Gasteiger partial charge in [0.15, 0.2) is 0 Å². The molecule has 0 radical (unpaired) electrons. The van der Waals surface area contributed by atoms with Gasteiger partial charge in [-0.25, -0.2) is 0 Å². The summed E-state index contributed by atoms with van der Waals surface area (Å²) < 4.78 is 1.16. The van der Waals surface area contributed by atoms with Crippen LogP contribution < -0.4 is 5.32 Å². The van der Waals surface area contributed by atoms with Crippen molar-refractivity contribution < 1.29 is 4.79 Å². The monoisotopic (exact) mass is 381 g/mol. The summed E-state index contributed by atoms with van der Waals surface area (Å²) in [5, 5.41) is 3.00. The summed E-state index contributed by atoms with van der Waals surface area (Å²) in [6.07, 6.45) is 0. The smallest absolute Gasteiger partial charge is 0.232 e. The first kappa shape index (κ1) is 13.0. The minimum absolute atomic E-state index is 0.0412. The number of nitrogens with one attached hydrogen (secondary N) is 1. The Bertz CT molecular complexity index is 612. The number of benzene rings is 2. The van der Waals surface area contributed by atoms with Crippen LogP contribution in [0.3, 0.4) is 0 Å². The second-order valence-corrected chi connectivity index (χ2v) is 6.71. The maximum absolute atomic E-state index is 12.3. The Hall–Kier alpha value is -1.01. The summed E-state index contributed by atoms with van der Waals surface area (Å²) >= 11 is 4.01. The molecule has 1 heterocycles. The van der Waals surface area contributed by atoms with E-state index in [0.717, 1.165) is 20.6 Å². The topological polar surface area (TPSA) is 29.1 Å². The van der Waals surface area contributed by atoms with Crippen LogP contribution in [0.2, 0.25) is 0 Å². The third-order valence-electron chi connectivity index (χ3n) is 3.13. The second-order valence-electron chi connectivity index (χ2n) is 4.40. The highest BCUT2D eigenvalue weighted by Gasteiger charge is 2.28. The van der Waals surface area contributed by atoms with E-state index in [-0.39, 0.29) is 11.8 Å². The summed E-state index contributed by atoms with van der Waals surface area (Å²) in [4.78, 5) is 13.6. The van der Waals surface area contributed by atoms with E-state index in [1.54, 1.807) is 11.8 Å². The molecule has 0 saturated carbocycles. The van der Waals surface area contributed by atoms with Crippen LogP contribution in [0.4, 0.5) is 5.69 Å². The molecule has 2 nitrogen and oxygen atoms in total. The number of hydrogen-bond donors (Lipinski definition) is 1. The second kappa shape index (κ2) is 5.54. The molecule has 1 N–H and O–H groups in total. The zero-order valence-corrected chi connectivity index (χ0v) is 13.1. The molecule has 1 amide bonds. The van der Waals surface area contributed by atoms with Crippen molar-refractivity contribution in [2.45, 2.75) is 10.8 Å². The lowest BCUT2D eigenvalue weighted by Crippen LogP contribution is -2.20. The summed E-state index contributed by atoms with van der Waals surface area (Å²) in [5.41, 5.74) is 2.01. The first-order valence-electron chi connectivity index (χ1n) is 6.02. The van der Waals surface area contributed by atoms with Gasteiger partial charge in [0.2, 0.25) is 5.91 Å². The largest absolute Gasteiger partial charge is 0.326 e. The predicted molar refractivity (Wildman–Crippen MR) is 87.7 cm³/mol. The van der Waals surface area contributed by atoms with Gasteiger partial charge in [-0.05, 0) is 58.5 Å². The van der Waals surface area contributed by atoms with Gasteiger partial charge in [0, 0.05) is 19.9 Å². The quantitative estimate of drug-likeness (QED) is 0.793. The third kappa shape index (κ3) is 2.79. The summed E-state index contributed by atoms with van der Waals surface area (Å²) in [6.45, 7) is 0. The molecular weight excluding hydrogens is 369 g/mol. The molecule has 3 rings (SSSR count). The molecule has 96 valence electrons. The van der Waals surface area contributed by atoms with Crippen molar-refractivity contribution in [2.24, 2.45) is 0 Å². The normalized spacial score (nSPS) is 17.0. The van der Waals surface area contributed by atoms with Gasteiger partial charge in [-0.15, -0.1) is 11.8 Å². The maximum Gasteiger partial charge on any atom is 0.232 e. The van der Waals surface area contributed by atoms with Crippen LogP contribution in [0.1, 0.15) is 11.5 Å². The molecule has 0 bridgehead atoms. The standard InChI is InChI=1S/C15H12INOS/c16-10-5-7-11(8-6-10)17-15(18)13-9-19-14-4-2-1-3-12(13)14/h1-8,13H,9H2,(H,17,18). The van der Waals surface area contributed by atoms with Gasteiger partial charge in [0.25, 0.3) is 0 Å². The zero-order chi connectivity index (χ0) is 13.2. The van der Waals surface area contributed by atoms with Crippen molar-refractivity contribution in [1.82, 2.24) is 0 Å². The van der Waals surface area contributed by atoms with Crippen molar-refractivity contribution >= 4 is 45.9 Å². The zero-order valence-electron chi connectivity index (χ0n) is 10.1. The molecule has 2 aromatic carbocycles. The number of carbonyl (C=O) groups excluding carboxylic acids is 1. The number of halogens is 1. The maximum atomic E-state index is 12.3. The molecule has 1 atom stereocenters. The fraction of sp³-hybridized carbons (Fsp3) is 0.133. The molecule has 1 aliphatic rings. The molecule has 0 aromatic heterocycles. The lowest BCUT2D eigenvalue weighted by atomic mass is 10.0. The minimum atomic E-state index is -0.0412. The van der Waals surface area contributed by atoms with E-state index in [0.29, 0.717) is 0 Å². The number of thioether (sulfide) groups is 1. The number of rotatable bonds is 2. The number of fused-ring (bicyclic) bond motifs is 1. The van der Waals surface area contributed by atoms with Crippen molar-refractivity contribution in [2.75, 3.05) is 11.1 Å². The van der Waals surface area contributed by atoms with Gasteiger partial charge in [-0.1, -0.05) is 18.2 Å². The SMILES string of the molecule is O=C(Nc1ccc(I)cc1)C1CSc2ccccc21. The Morgan fingerprint density at radius 2 is 1.89 bits per heavy atom. The molecule has 0 aliphatic carbocycles. The highest BCUT2D eigenvalue weighted by molar-refractivity contribution is 14.1. The Morgan fingerprint density at radius 1 is 1.16 bits per heavy atom. The molecule has 0 spiro atoms. The third-order valence-corrected chi connectivity index (χ3v) is 5.03. The first-order chi connectivity index (χ1) is 9.24. The van der Waals surface area contributed by atoms with Crippen molar-refractivity contribution in [3.63, 3.8) is 0 Å². The molecule has 19 heavy (non-hydrogen) atoms. The lowest BCUT2D eigenvalue weighted by molar-refractivity contribution is -0.117. The average molecular weight is 381 g/mol. The van der Waals surface area contributed by atoms with E-state index in [4.69, 9.17) is 0 Å². The van der Waals surface area contributed by atoms with E-state index < -0.39 is 0 Å². The van der Waals surface area contributed by atoms with Gasteiger partial charge < -0.3 is 5.32 Å². The van der Waals surface area contributed by atoms with Gasteiger partial charge in [0.1, 0.15) is 0 Å². The fourth-order valence-electron chi connectivity index (χ4n) is 2.14. The highest BCUT2D eigenvalue weighted by atomic mass is 127. The van der Waals surface area contributed by atoms with E-state index in [1.165, 1.54) is 4.90 Å². The molecule has 4 heteroatoms. The molecule has 0 saturated heterocycles. The van der Waals surface area contributed by atoms with Gasteiger partial charge >= 0.3 is 0 Å². The van der Waals surface area contributed by atoms with Crippen LogP contribution in [0, 0.1) is 3.57 Å². The van der Waals surface area contributed by atoms with Gasteiger partial charge in [0.05, 0.1) is 5.92 Å². The van der Waals surface area contributed by atoms with Crippen LogP contribution in [0.25, 0.3) is 0 Å². The van der Waals surface area contributed by atoms with Crippen LogP contribution in [-0.4, -0.2) is 11.7 Å². The van der Waals surface area contributed by atoms with Crippen molar-refractivity contribution in [3.05, 3.63) is 57.7 Å². The molecular formula is C15H12INOS. The van der Waals surface area contributed by atoms with Gasteiger partial charge in [-0.3, -0.25) is 4.79 Å². The van der Waals surface area contributed by atoms with E-state index in [1.807, 2.05) is 42.5 Å². The number of anilines is 1. The van der Waals surface area contributed by atoms with E-state index in [9.17, 15) is 4.79 Å². The van der Waals surface area contributed by atoms with Crippen LogP contribution in [-0.2, 0) is 4.79 Å². The highest BCUT2D eigenvalue weighted by Crippen LogP contribution is 2.39. The van der Waals surface area contributed by atoms with E-state index in [2.05, 4.69) is 34.0 Å². The summed E-state index contributed by atoms with van der Waals surface area (Å²) in [6, 6.07) is 16.0. The van der Waals surface area contributed by atoms with Crippen molar-refractivity contribution in [3.8, 4) is 0 Å². The molecule has 0 fully saturated rings. The lowest BCUT2D eigenvalue weighted by Gasteiger charge is -2.11. The summed E-state index contributed by atoms with van der Waals surface area (Å²) in [5.74, 6) is 0.870. The number of hydrogen-bond acceptors (Lipinski definition) is 2. The van der Waals surface area contributed by atoms with Gasteiger partial charge in [-0.2, -0.15) is 0 Å². The first-order valence-corrected chi connectivity index (χ1v) is 8.08. The Kier molecular flexibility index (Phi) is 3.79.